The monoisotopic (exact) mass is 410 g/mol. The third-order valence-electron chi connectivity index (χ3n) is 3.95. The van der Waals surface area contributed by atoms with E-state index >= 15 is 0 Å². The molecule has 4 rings (SSSR count). The van der Waals surface area contributed by atoms with Crippen LogP contribution in [0.25, 0.3) is 32.5 Å². The molecule has 0 atom stereocenters. The zero-order chi connectivity index (χ0) is 19.7. The maximum absolute atomic E-state index is 11.3. The summed E-state index contributed by atoms with van der Waals surface area (Å²) in [5.74, 6) is 0.904. The van der Waals surface area contributed by atoms with E-state index in [4.69, 9.17) is 16.6 Å². The third-order valence-corrected chi connectivity index (χ3v) is 5.37. The Kier molecular flexibility index (Phi) is 4.89. The molecule has 0 radical (unpaired) electrons. The van der Waals surface area contributed by atoms with E-state index in [1.54, 1.807) is 12.3 Å². The minimum absolute atomic E-state index is 0.182. The fraction of sp³-hybridized carbons (Fsp3) is 0.105. The van der Waals surface area contributed by atoms with Crippen LogP contribution in [-0.2, 0) is 4.79 Å². The predicted octanol–water partition coefficient (Wildman–Crippen LogP) is 4.58. The molecule has 0 bridgehead atoms. The van der Waals surface area contributed by atoms with Crippen LogP contribution in [0.15, 0.2) is 42.9 Å². The number of carbonyl (C=O) groups excluding carboxylic acids is 1. The molecule has 140 valence electrons. The minimum Gasteiger partial charge on any atom is -0.311 e. The number of thiazole rings is 1. The van der Waals surface area contributed by atoms with Crippen LogP contribution >= 0.6 is 22.9 Å². The number of benzene rings is 1. The first kappa shape index (κ1) is 18.3. The number of rotatable bonds is 4. The van der Waals surface area contributed by atoms with Gasteiger partial charge in [0.25, 0.3) is 0 Å². The van der Waals surface area contributed by atoms with E-state index in [1.807, 2.05) is 31.2 Å². The molecule has 0 aliphatic rings. The highest BCUT2D eigenvalue weighted by atomic mass is 35.5. The number of aryl methyl sites for hydroxylation is 1. The average molecular weight is 411 g/mol. The number of H-pyrrole nitrogens is 1. The Balaban J connectivity index is 1.86. The summed E-state index contributed by atoms with van der Waals surface area (Å²) < 4.78 is 0. The SMILES string of the molecule is CC(=O)Nc1cc(-c2nc(-c3ccc(C)cc3Cl)c(-c3ncn[nH]3)s2)ccn1. The Labute approximate surface area is 169 Å². The van der Waals surface area contributed by atoms with Crippen molar-refractivity contribution < 1.29 is 4.79 Å². The number of halogens is 1. The van der Waals surface area contributed by atoms with Crippen molar-refractivity contribution in [3.63, 3.8) is 0 Å². The first-order valence-corrected chi connectivity index (χ1v) is 9.58. The van der Waals surface area contributed by atoms with Crippen LogP contribution in [0, 0.1) is 6.92 Å². The van der Waals surface area contributed by atoms with Crippen LogP contribution < -0.4 is 5.32 Å². The topological polar surface area (TPSA) is 96.5 Å². The van der Waals surface area contributed by atoms with E-state index in [1.165, 1.54) is 24.6 Å². The highest BCUT2D eigenvalue weighted by Gasteiger charge is 2.20. The first-order valence-electron chi connectivity index (χ1n) is 8.38. The molecule has 0 unspecified atom stereocenters. The molecule has 0 saturated carbocycles. The zero-order valence-electron chi connectivity index (χ0n) is 15.0. The van der Waals surface area contributed by atoms with Gasteiger partial charge in [-0.15, -0.1) is 11.3 Å². The predicted molar refractivity (Wildman–Crippen MR) is 110 cm³/mol. The van der Waals surface area contributed by atoms with Gasteiger partial charge in [-0.3, -0.25) is 9.89 Å². The number of nitrogens with zero attached hydrogens (tertiary/aromatic N) is 4. The molecule has 1 aromatic carbocycles. The summed E-state index contributed by atoms with van der Waals surface area (Å²) in [6.07, 6.45) is 3.09. The lowest BCUT2D eigenvalue weighted by molar-refractivity contribution is -0.114. The van der Waals surface area contributed by atoms with Crippen molar-refractivity contribution in [3.8, 4) is 32.5 Å². The molecule has 4 aromatic rings. The Hall–Kier alpha value is -3.10. The highest BCUT2D eigenvalue weighted by molar-refractivity contribution is 7.18. The Morgan fingerprint density at radius 1 is 1.21 bits per heavy atom. The van der Waals surface area contributed by atoms with Gasteiger partial charge in [0.2, 0.25) is 5.91 Å². The van der Waals surface area contributed by atoms with Crippen molar-refractivity contribution in [1.82, 2.24) is 25.1 Å². The molecule has 3 heterocycles. The number of hydrogen-bond donors (Lipinski definition) is 2. The number of pyridine rings is 1. The minimum atomic E-state index is -0.182. The lowest BCUT2D eigenvalue weighted by atomic mass is 10.1. The maximum Gasteiger partial charge on any atom is 0.222 e. The largest absolute Gasteiger partial charge is 0.311 e. The molecular weight excluding hydrogens is 396 g/mol. The summed E-state index contributed by atoms with van der Waals surface area (Å²) in [4.78, 5) is 25.4. The van der Waals surface area contributed by atoms with Gasteiger partial charge in [0.05, 0.1) is 15.6 Å². The van der Waals surface area contributed by atoms with Crippen molar-refractivity contribution in [3.05, 3.63) is 53.4 Å². The second-order valence-corrected chi connectivity index (χ2v) is 7.53. The number of amides is 1. The molecule has 3 aromatic heterocycles. The summed E-state index contributed by atoms with van der Waals surface area (Å²) in [7, 11) is 0. The Bertz CT molecular complexity index is 1160. The van der Waals surface area contributed by atoms with Gasteiger partial charge in [-0.25, -0.2) is 15.0 Å². The number of nitrogens with one attached hydrogen (secondary N) is 2. The first-order chi connectivity index (χ1) is 13.5. The standard InChI is InChI=1S/C19H15ClN6OS/c1-10-3-4-13(14(20)7-10)16-17(18-22-9-23-26-18)28-19(25-16)12-5-6-21-15(8-12)24-11(2)27/h3-9H,1-2H3,(H,21,24,27)(H,22,23,26). The van der Waals surface area contributed by atoms with Crippen LogP contribution in [0.5, 0.6) is 0 Å². The van der Waals surface area contributed by atoms with E-state index < -0.39 is 0 Å². The van der Waals surface area contributed by atoms with Crippen molar-refractivity contribution in [2.45, 2.75) is 13.8 Å². The second kappa shape index (κ2) is 7.49. The average Bonchev–Trinajstić information content (AvgIpc) is 3.31. The number of carbonyl (C=O) groups is 1. The van der Waals surface area contributed by atoms with Gasteiger partial charge in [0.15, 0.2) is 5.82 Å². The molecule has 0 saturated heterocycles. The summed E-state index contributed by atoms with van der Waals surface area (Å²) in [6.45, 7) is 3.43. The lowest BCUT2D eigenvalue weighted by Gasteiger charge is -2.04. The van der Waals surface area contributed by atoms with Crippen LogP contribution in [0.4, 0.5) is 5.82 Å². The molecule has 1 amide bonds. The van der Waals surface area contributed by atoms with Crippen LogP contribution in [0.3, 0.4) is 0 Å². The van der Waals surface area contributed by atoms with Crippen molar-refractivity contribution >= 4 is 34.7 Å². The summed E-state index contributed by atoms with van der Waals surface area (Å²) in [5, 5.41) is 10.9. The summed E-state index contributed by atoms with van der Waals surface area (Å²) in [5.41, 5.74) is 3.44. The van der Waals surface area contributed by atoms with E-state index in [2.05, 4.69) is 25.5 Å². The van der Waals surface area contributed by atoms with E-state index in [0.717, 1.165) is 32.3 Å². The number of aromatic nitrogens is 5. The quantitative estimate of drug-likeness (QED) is 0.513. The van der Waals surface area contributed by atoms with Gasteiger partial charge in [0, 0.05) is 24.2 Å². The molecule has 0 aliphatic heterocycles. The van der Waals surface area contributed by atoms with E-state index in [-0.39, 0.29) is 5.91 Å². The van der Waals surface area contributed by atoms with Crippen LogP contribution in [0.1, 0.15) is 12.5 Å². The molecule has 28 heavy (non-hydrogen) atoms. The van der Waals surface area contributed by atoms with Gasteiger partial charge in [-0.1, -0.05) is 23.7 Å². The van der Waals surface area contributed by atoms with Crippen molar-refractivity contribution in [2.75, 3.05) is 5.32 Å². The summed E-state index contributed by atoms with van der Waals surface area (Å²) in [6, 6.07) is 9.47. The fourth-order valence-corrected chi connectivity index (χ4v) is 4.07. The van der Waals surface area contributed by atoms with E-state index in [9.17, 15) is 4.79 Å². The van der Waals surface area contributed by atoms with Gasteiger partial charge in [0.1, 0.15) is 17.2 Å². The fourth-order valence-electron chi connectivity index (χ4n) is 2.73. The zero-order valence-corrected chi connectivity index (χ0v) is 16.6. The van der Waals surface area contributed by atoms with Crippen molar-refractivity contribution in [1.29, 1.82) is 0 Å². The van der Waals surface area contributed by atoms with Crippen LogP contribution in [0.2, 0.25) is 5.02 Å². The normalized spacial score (nSPS) is 10.8. The third kappa shape index (κ3) is 3.64. The maximum atomic E-state index is 11.3. The van der Waals surface area contributed by atoms with Gasteiger partial charge in [-0.05, 0) is 30.7 Å². The highest BCUT2D eigenvalue weighted by Crippen LogP contribution is 2.41. The second-order valence-electron chi connectivity index (χ2n) is 6.13. The lowest BCUT2D eigenvalue weighted by Crippen LogP contribution is -2.07. The van der Waals surface area contributed by atoms with E-state index in [0.29, 0.717) is 16.7 Å². The molecule has 9 heteroatoms. The smallest absolute Gasteiger partial charge is 0.222 e. The molecule has 0 spiro atoms. The molecule has 0 aliphatic carbocycles. The molecule has 2 N–H and O–H groups in total. The van der Waals surface area contributed by atoms with Crippen LogP contribution in [-0.4, -0.2) is 31.1 Å². The Morgan fingerprint density at radius 3 is 2.79 bits per heavy atom. The molecule has 7 nitrogen and oxygen atoms in total. The number of anilines is 1. The molecular formula is C19H15ClN6OS. The number of hydrogen-bond acceptors (Lipinski definition) is 6. The van der Waals surface area contributed by atoms with Crippen molar-refractivity contribution in [2.24, 2.45) is 0 Å². The van der Waals surface area contributed by atoms with Gasteiger partial charge in [-0.2, -0.15) is 5.10 Å². The molecule has 0 fully saturated rings. The Morgan fingerprint density at radius 2 is 2.07 bits per heavy atom. The number of aromatic amines is 1. The van der Waals surface area contributed by atoms with Gasteiger partial charge < -0.3 is 5.32 Å². The van der Waals surface area contributed by atoms with Gasteiger partial charge >= 0.3 is 0 Å². The summed E-state index contributed by atoms with van der Waals surface area (Å²) >= 11 is 7.96.